The maximum Gasteiger partial charge on any atom is 0.398 e. The molecule has 0 unspecified atom stereocenters. The van der Waals surface area contributed by atoms with E-state index in [-0.39, 0.29) is 28.2 Å². The number of nitrogens with zero attached hydrogens (tertiary/aromatic N) is 7. The van der Waals surface area contributed by atoms with Crippen LogP contribution in [0.25, 0.3) is 5.69 Å². The lowest BCUT2D eigenvalue weighted by Crippen LogP contribution is -2.60. The number of piperidine rings is 1. The summed E-state index contributed by atoms with van der Waals surface area (Å²) >= 11 is 0.501. The van der Waals surface area contributed by atoms with E-state index in [1.165, 1.54) is 10.9 Å². The van der Waals surface area contributed by atoms with Gasteiger partial charge in [-0.15, -0.1) is 5.10 Å². The van der Waals surface area contributed by atoms with E-state index in [9.17, 15) is 18.4 Å². The summed E-state index contributed by atoms with van der Waals surface area (Å²) in [4.78, 5) is 8.79. The van der Waals surface area contributed by atoms with E-state index < -0.39 is 11.9 Å². The van der Waals surface area contributed by atoms with Crippen molar-refractivity contribution in [3.8, 4) is 11.8 Å². The van der Waals surface area contributed by atoms with E-state index in [0.717, 1.165) is 12.8 Å². The van der Waals surface area contributed by atoms with Crippen LogP contribution in [0.1, 0.15) is 46.1 Å². The average Bonchev–Trinajstić information content (AvgIpc) is 3.24. The van der Waals surface area contributed by atoms with E-state index in [4.69, 9.17) is 0 Å². The predicted octanol–water partition coefficient (Wildman–Crippen LogP) is 4.44. The van der Waals surface area contributed by atoms with E-state index in [1.54, 1.807) is 24.3 Å². The molecule has 1 aromatic carbocycles. The second kappa shape index (κ2) is 10.1. The van der Waals surface area contributed by atoms with Gasteiger partial charge in [0.25, 0.3) is 0 Å². The fraction of sp³-hybridized carbons (Fsp3) is 0.478. The van der Waals surface area contributed by atoms with Crippen LogP contribution in [0.2, 0.25) is 0 Å². The summed E-state index contributed by atoms with van der Waals surface area (Å²) in [7, 11) is 0. The van der Waals surface area contributed by atoms with Crippen LogP contribution in [-0.4, -0.2) is 59.2 Å². The van der Waals surface area contributed by atoms with E-state index in [2.05, 4.69) is 75.2 Å². The molecule has 1 fully saturated rings. The molecule has 10 nitrogen and oxygen atoms in total. The van der Waals surface area contributed by atoms with Gasteiger partial charge in [0.15, 0.2) is 0 Å². The quantitative estimate of drug-likeness (QED) is 0.376. The minimum atomic E-state index is -4.34. The first-order valence-electron chi connectivity index (χ1n) is 11.5. The van der Waals surface area contributed by atoms with Gasteiger partial charge in [0, 0.05) is 22.8 Å². The number of halogens is 3. The van der Waals surface area contributed by atoms with Crippen LogP contribution in [0.15, 0.2) is 35.6 Å². The van der Waals surface area contributed by atoms with Gasteiger partial charge in [-0.3, -0.25) is 0 Å². The van der Waals surface area contributed by atoms with Crippen LogP contribution >= 0.6 is 11.8 Å². The maximum absolute atomic E-state index is 12.6. The van der Waals surface area contributed by atoms with E-state index in [0.29, 0.717) is 34.5 Å². The molecule has 0 saturated carbocycles. The first-order chi connectivity index (χ1) is 17.3. The molecule has 3 aromatic rings. The number of nitriles is 1. The molecular formula is C23H27F3N10S. The molecule has 1 saturated heterocycles. The number of benzene rings is 1. The van der Waals surface area contributed by atoms with Gasteiger partial charge in [-0.25, -0.2) is 4.98 Å². The average molecular weight is 533 g/mol. The lowest BCUT2D eigenvalue weighted by atomic mass is 9.79. The third-order valence-electron chi connectivity index (χ3n) is 5.59. The van der Waals surface area contributed by atoms with Crippen molar-refractivity contribution in [1.29, 1.82) is 5.26 Å². The van der Waals surface area contributed by atoms with Crippen molar-refractivity contribution in [2.24, 2.45) is 0 Å². The maximum atomic E-state index is 12.6. The second-order valence-corrected chi connectivity index (χ2v) is 11.1. The zero-order valence-corrected chi connectivity index (χ0v) is 21.6. The first kappa shape index (κ1) is 26.6. The third-order valence-corrected chi connectivity index (χ3v) is 6.58. The Hall–Kier alpha value is -3.44. The molecule has 0 atom stereocenters. The van der Waals surface area contributed by atoms with Crippen molar-refractivity contribution in [3.63, 3.8) is 0 Å². The number of nitrogens with one attached hydrogen (secondary N) is 3. The smallest absolute Gasteiger partial charge is 0.366 e. The zero-order chi connectivity index (χ0) is 26.8. The highest BCUT2D eigenvalue weighted by Crippen LogP contribution is 2.31. The normalized spacial score (nSPS) is 17.2. The molecule has 1 aliphatic rings. The van der Waals surface area contributed by atoms with Crippen LogP contribution in [0, 0.1) is 11.3 Å². The minimum absolute atomic E-state index is 0.0170. The molecule has 0 bridgehead atoms. The summed E-state index contributed by atoms with van der Waals surface area (Å²) in [6.07, 6.45) is -1.21. The van der Waals surface area contributed by atoms with Crippen molar-refractivity contribution in [2.75, 3.05) is 16.4 Å². The minimum Gasteiger partial charge on any atom is -0.366 e. The topological polar surface area (TPSA) is 129 Å². The molecule has 0 aliphatic carbocycles. The van der Waals surface area contributed by atoms with Crippen LogP contribution in [-0.2, 0) is 0 Å². The fourth-order valence-electron chi connectivity index (χ4n) is 4.67. The summed E-state index contributed by atoms with van der Waals surface area (Å²) in [5.74, 6) is -0.415. The van der Waals surface area contributed by atoms with Gasteiger partial charge in [-0.05, 0) is 69.2 Å². The molecule has 37 heavy (non-hydrogen) atoms. The van der Waals surface area contributed by atoms with Gasteiger partial charge in [0.05, 0.1) is 17.6 Å². The fourth-order valence-corrected chi connectivity index (χ4v) is 5.32. The summed E-state index contributed by atoms with van der Waals surface area (Å²) in [6, 6.07) is 9.03. The Bertz CT molecular complexity index is 1280. The Kier molecular flexibility index (Phi) is 7.29. The summed E-state index contributed by atoms with van der Waals surface area (Å²) < 4.78 is 39.2. The van der Waals surface area contributed by atoms with Crippen molar-refractivity contribution < 1.29 is 13.2 Å². The zero-order valence-electron chi connectivity index (χ0n) is 20.8. The molecule has 1 aliphatic heterocycles. The Balaban J connectivity index is 1.53. The highest BCUT2D eigenvalue weighted by Gasteiger charge is 2.38. The number of anilines is 3. The Labute approximate surface area is 216 Å². The number of thioether (sulfide) groups is 1. The molecule has 3 N–H and O–H groups in total. The van der Waals surface area contributed by atoms with Gasteiger partial charge >= 0.3 is 6.18 Å². The molecule has 14 heteroatoms. The number of aromatic nitrogens is 6. The first-order valence-corrected chi connectivity index (χ1v) is 12.5. The number of hydrogen-bond acceptors (Lipinski definition) is 10. The predicted molar refractivity (Wildman–Crippen MR) is 134 cm³/mol. The molecule has 0 amide bonds. The molecule has 3 heterocycles. The number of rotatable bonds is 7. The molecule has 2 aromatic heterocycles. The summed E-state index contributed by atoms with van der Waals surface area (Å²) in [5.41, 5.74) is 1.18. The summed E-state index contributed by atoms with van der Waals surface area (Å²) in [6.45, 7) is 8.58. The summed E-state index contributed by atoms with van der Waals surface area (Å²) in [5, 5.41) is 30.8. The number of tetrazole rings is 1. The van der Waals surface area contributed by atoms with Crippen LogP contribution in [0.4, 0.5) is 30.6 Å². The second-order valence-electron chi connectivity index (χ2n) is 10.2. The molecule has 196 valence electrons. The highest BCUT2D eigenvalue weighted by atomic mass is 32.2. The van der Waals surface area contributed by atoms with Gasteiger partial charge in [-0.2, -0.15) is 28.1 Å². The van der Waals surface area contributed by atoms with Crippen molar-refractivity contribution in [2.45, 2.75) is 69.0 Å². The Morgan fingerprint density at radius 3 is 2.62 bits per heavy atom. The van der Waals surface area contributed by atoms with Gasteiger partial charge in [0.2, 0.25) is 11.1 Å². The molecular weight excluding hydrogens is 505 g/mol. The molecule has 4 rings (SSSR count). The van der Waals surface area contributed by atoms with Gasteiger partial charge < -0.3 is 16.0 Å². The highest BCUT2D eigenvalue weighted by molar-refractivity contribution is 7.99. The number of hydrogen-bond donors (Lipinski definition) is 3. The van der Waals surface area contributed by atoms with Crippen LogP contribution < -0.4 is 16.0 Å². The Morgan fingerprint density at radius 1 is 1.22 bits per heavy atom. The molecule has 0 spiro atoms. The lowest BCUT2D eigenvalue weighted by Gasteiger charge is -2.46. The van der Waals surface area contributed by atoms with E-state index in [1.807, 2.05) is 0 Å². The Morgan fingerprint density at radius 2 is 1.95 bits per heavy atom. The van der Waals surface area contributed by atoms with E-state index >= 15 is 0 Å². The van der Waals surface area contributed by atoms with Crippen molar-refractivity contribution in [3.05, 3.63) is 36.0 Å². The van der Waals surface area contributed by atoms with Crippen LogP contribution in [0.5, 0.6) is 0 Å². The standard InChI is InChI=1S/C23H27F3N10S/c1-21(2)9-16(10-22(3,4)33-21)29-18-14(11-27)12-28-19(31-18)30-15-6-5-7-17(8-15)36-20(32-34-35-36)37-13-23(24,25)26/h5-8,12,16,33H,9-10,13H2,1-4H3,(H2,28,29,30,31). The molecule has 0 radical (unpaired) electrons. The number of alkyl halides is 3. The lowest BCUT2D eigenvalue weighted by molar-refractivity contribution is -0.105. The van der Waals surface area contributed by atoms with Gasteiger partial charge in [-0.1, -0.05) is 17.8 Å². The van der Waals surface area contributed by atoms with Crippen molar-refractivity contribution >= 4 is 29.2 Å². The SMILES string of the molecule is CC1(C)CC(Nc2nc(Nc3cccc(-n4nnnc4SCC(F)(F)F)c3)ncc2C#N)CC(C)(C)N1. The van der Waals surface area contributed by atoms with Crippen molar-refractivity contribution in [1.82, 2.24) is 35.5 Å². The third kappa shape index (κ3) is 7.07. The van der Waals surface area contributed by atoms with Gasteiger partial charge in [0.1, 0.15) is 17.5 Å². The van der Waals surface area contributed by atoms with Crippen LogP contribution in [0.3, 0.4) is 0 Å². The monoisotopic (exact) mass is 532 g/mol. The largest absolute Gasteiger partial charge is 0.398 e.